The Morgan fingerprint density at radius 1 is 1.06 bits per heavy atom. The van der Waals surface area contributed by atoms with Gasteiger partial charge >= 0.3 is 0 Å². The van der Waals surface area contributed by atoms with Gasteiger partial charge in [0.2, 0.25) is 0 Å². The molecule has 1 N–H and O–H groups in total. The van der Waals surface area contributed by atoms with E-state index in [0.717, 1.165) is 11.1 Å². The molecule has 2 aromatic rings. The molecule has 0 radical (unpaired) electrons. The van der Waals surface area contributed by atoms with Crippen molar-refractivity contribution in [2.45, 2.75) is 6.42 Å². The smallest absolute Gasteiger partial charge is 0.131 e. The minimum atomic E-state index is -0.269. The van der Waals surface area contributed by atoms with Crippen molar-refractivity contribution in [3.05, 3.63) is 58.9 Å². The summed E-state index contributed by atoms with van der Waals surface area (Å²) in [6.45, 7) is 0.0612. The van der Waals surface area contributed by atoms with Crippen molar-refractivity contribution < 1.29 is 9.50 Å². The molecule has 0 amide bonds. The molecule has 0 saturated heterocycles. The maximum Gasteiger partial charge on any atom is 0.131 e. The Hall–Kier alpha value is -1.38. The number of aliphatic hydroxyl groups is 1. The molecule has 17 heavy (non-hydrogen) atoms. The van der Waals surface area contributed by atoms with Crippen LogP contribution in [-0.2, 0) is 6.42 Å². The van der Waals surface area contributed by atoms with Gasteiger partial charge in [-0.05, 0) is 41.8 Å². The third-order valence-electron chi connectivity index (χ3n) is 2.59. The highest BCUT2D eigenvalue weighted by Crippen LogP contribution is 2.25. The Balaban J connectivity index is 2.42. The molecular weight excluding hydrogens is 239 g/mol. The zero-order chi connectivity index (χ0) is 12.3. The highest BCUT2D eigenvalue weighted by Gasteiger charge is 2.06. The van der Waals surface area contributed by atoms with Crippen LogP contribution in [0.5, 0.6) is 0 Å². The first-order valence-corrected chi connectivity index (χ1v) is 5.74. The van der Waals surface area contributed by atoms with E-state index in [-0.39, 0.29) is 12.4 Å². The van der Waals surface area contributed by atoms with E-state index in [1.54, 1.807) is 36.4 Å². The highest BCUT2D eigenvalue weighted by atomic mass is 35.5. The Morgan fingerprint density at radius 2 is 1.76 bits per heavy atom. The molecule has 88 valence electrons. The number of hydrogen-bond donors (Lipinski definition) is 1. The largest absolute Gasteiger partial charge is 0.396 e. The van der Waals surface area contributed by atoms with E-state index in [4.69, 9.17) is 16.7 Å². The summed E-state index contributed by atoms with van der Waals surface area (Å²) in [7, 11) is 0. The average Bonchev–Trinajstić information content (AvgIpc) is 2.33. The van der Waals surface area contributed by atoms with E-state index in [0.29, 0.717) is 17.0 Å². The SMILES string of the molecule is OCCc1ccc(F)c(-c2ccc(Cl)cc2)c1. The number of rotatable bonds is 3. The summed E-state index contributed by atoms with van der Waals surface area (Å²) in [5, 5.41) is 9.50. The fraction of sp³-hybridized carbons (Fsp3) is 0.143. The molecule has 0 spiro atoms. The normalized spacial score (nSPS) is 10.5. The maximum absolute atomic E-state index is 13.7. The summed E-state index contributed by atoms with van der Waals surface area (Å²) < 4.78 is 13.7. The van der Waals surface area contributed by atoms with Gasteiger partial charge in [0.1, 0.15) is 5.82 Å². The van der Waals surface area contributed by atoms with Crippen molar-refractivity contribution >= 4 is 11.6 Å². The first-order valence-electron chi connectivity index (χ1n) is 5.36. The summed E-state index contributed by atoms with van der Waals surface area (Å²) in [6.07, 6.45) is 0.529. The summed E-state index contributed by atoms with van der Waals surface area (Å²) in [4.78, 5) is 0. The van der Waals surface area contributed by atoms with Gasteiger partial charge in [0.05, 0.1) is 0 Å². The lowest BCUT2D eigenvalue weighted by atomic mass is 10.0. The lowest BCUT2D eigenvalue weighted by molar-refractivity contribution is 0.299. The van der Waals surface area contributed by atoms with Gasteiger partial charge in [-0.1, -0.05) is 29.8 Å². The molecule has 0 unspecified atom stereocenters. The van der Waals surface area contributed by atoms with Crippen molar-refractivity contribution in [3.8, 4) is 11.1 Å². The standard InChI is InChI=1S/C14H12ClFO/c15-12-4-2-11(3-5-12)13-9-10(7-8-17)1-6-14(13)16/h1-6,9,17H,7-8H2. The van der Waals surface area contributed by atoms with E-state index in [1.165, 1.54) is 6.07 Å². The molecule has 2 rings (SSSR count). The number of halogens is 2. The van der Waals surface area contributed by atoms with Gasteiger partial charge in [0.15, 0.2) is 0 Å². The average molecular weight is 251 g/mol. The molecule has 0 saturated carbocycles. The molecule has 2 aromatic carbocycles. The van der Waals surface area contributed by atoms with Crippen molar-refractivity contribution in [2.75, 3.05) is 6.61 Å². The number of hydrogen-bond acceptors (Lipinski definition) is 1. The molecule has 0 heterocycles. The highest BCUT2D eigenvalue weighted by molar-refractivity contribution is 6.30. The van der Waals surface area contributed by atoms with Crippen molar-refractivity contribution in [1.82, 2.24) is 0 Å². The molecular formula is C14H12ClFO. The van der Waals surface area contributed by atoms with E-state index in [1.807, 2.05) is 0 Å². The molecule has 3 heteroatoms. The molecule has 0 bridgehead atoms. The second-order valence-corrected chi connectivity index (χ2v) is 4.23. The van der Waals surface area contributed by atoms with Gasteiger partial charge in [0, 0.05) is 17.2 Å². The van der Waals surface area contributed by atoms with E-state index in [9.17, 15) is 4.39 Å². The van der Waals surface area contributed by atoms with E-state index < -0.39 is 0 Å². The fourth-order valence-electron chi connectivity index (χ4n) is 1.71. The van der Waals surface area contributed by atoms with Crippen LogP contribution in [0.25, 0.3) is 11.1 Å². The van der Waals surface area contributed by atoms with Gasteiger partial charge < -0.3 is 5.11 Å². The third-order valence-corrected chi connectivity index (χ3v) is 2.84. The predicted molar refractivity (Wildman–Crippen MR) is 67.6 cm³/mol. The lowest BCUT2D eigenvalue weighted by Gasteiger charge is -2.06. The molecule has 0 aliphatic carbocycles. The third kappa shape index (κ3) is 2.84. The Morgan fingerprint density at radius 3 is 2.41 bits per heavy atom. The first kappa shape index (κ1) is 12.1. The molecule has 0 aliphatic heterocycles. The van der Waals surface area contributed by atoms with Gasteiger partial charge in [-0.15, -0.1) is 0 Å². The van der Waals surface area contributed by atoms with Crippen LogP contribution in [0.4, 0.5) is 4.39 Å². The lowest BCUT2D eigenvalue weighted by Crippen LogP contribution is -1.93. The Labute approximate surface area is 104 Å². The summed E-state index contributed by atoms with van der Waals surface area (Å²) >= 11 is 5.79. The minimum Gasteiger partial charge on any atom is -0.396 e. The van der Waals surface area contributed by atoms with Crippen LogP contribution >= 0.6 is 11.6 Å². The van der Waals surface area contributed by atoms with Gasteiger partial charge in [0.25, 0.3) is 0 Å². The monoisotopic (exact) mass is 250 g/mol. The predicted octanol–water partition coefficient (Wildman–Crippen LogP) is 3.68. The minimum absolute atomic E-state index is 0.0612. The van der Waals surface area contributed by atoms with E-state index in [2.05, 4.69) is 0 Å². The first-order chi connectivity index (χ1) is 8.20. The van der Waals surface area contributed by atoms with Crippen LogP contribution < -0.4 is 0 Å². The van der Waals surface area contributed by atoms with Crippen molar-refractivity contribution in [1.29, 1.82) is 0 Å². The zero-order valence-electron chi connectivity index (χ0n) is 9.16. The molecule has 0 aliphatic rings. The summed E-state index contributed by atoms with van der Waals surface area (Å²) in [5.74, 6) is -0.269. The Bertz CT molecular complexity index is 508. The fourth-order valence-corrected chi connectivity index (χ4v) is 1.83. The van der Waals surface area contributed by atoms with Crippen LogP contribution in [0.15, 0.2) is 42.5 Å². The van der Waals surface area contributed by atoms with Gasteiger partial charge in [-0.3, -0.25) is 0 Å². The van der Waals surface area contributed by atoms with Crippen molar-refractivity contribution in [3.63, 3.8) is 0 Å². The maximum atomic E-state index is 13.7. The van der Waals surface area contributed by atoms with Crippen LogP contribution in [0.3, 0.4) is 0 Å². The molecule has 1 nitrogen and oxygen atoms in total. The van der Waals surface area contributed by atoms with Crippen LogP contribution in [-0.4, -0.2) is 11.7 Å². The molecule has 0 atom stereocenters. The second kappa shape index (κ2) is 5.30. The second-order valence-electron chi connectivity index (χ2n) is 3.79. The van der Waals surface area contributed by atoms with Gasteiger partial charge in [-0.25, -0.2) is 4.39 Å². The number of aliphatic hydroxyl groups excluding tert-OH is 1. The van der Waals surface area contributed by atoms with E-state index >= 15 is 0 Å². The molecule has 0 aromatic heterocycles. The van der Waals surface area contributed by atoms with Gasteiger partial charge in [-0.2, -0.15) is 0 Å². The zero-order valence-corrected chi connectivity index (χ0v) is 9.91. The van der Waals surface area contributed by atoms with Crippen LogP contribution in [0.1, 0.15) is 5.56 Å². The quantitative estimate of drug-likeness (QED) is 0.881. The summed E-state index contributed by atoms with van der Waals surface area (Å²) in [5.41, 5.74) is 2.23. The van der Waals surface area contributed by atoms with Crippen molar-refractivity contribution in [2.24, 2.45) is 0 Å². The summed E-state index contributed by atoms with van der Waals surface area (Å²) in [6, 6.07) is 11.9. The van der Waals surface area contributed by atoms with Crippen LogP contribution in [0.2, 0.25) is 5.02 Å². The number of benzene rings is 2. The molecule has 0 fully saturated rings. The Kier molecular flexibility index (Phi) is 3.77. The topological polar surface area (TPSA) is 20.2 Å². The van der Waals surface area contributed by atoms with Crippen LogP contribution in [0, 0.1) is 5.82 Å².